The molecule has 78 valence electrons. The number of pyridine rings is 1. The van der Waals surface area contributed by atoms with Crippen molar-refractivity contribution in [1.82, 2.24) is 4.57 Å². The van der Waals surface area contributed by atoms with Gasteiger partial charge in [-0.1, -0.05) is 18.2 Å². The zero-order valence-corrected chi connectivity index (χ0v) is 8.70. The van der Waals surface area contributed by atoms with E-state index in [0.717, 1.165) is 5.39 Å². The molecule has 0 bridgehead atoms. The first-order valence-corrected chi connectivity index (χ1v) is 4.86. The van der Waals surface area contributed by atoms with E-state index in [-0.39, 0.29) is 5.56 Å². The van der Waals surface area contributed by atoms with Gasteiger partial charge in [0.1, 0.15) is 0 Å². The van der Waals surface area contributed by atoms with Crippen molar-refractivity contribution >= 4 is 10.9 Å². The van der Waals surface area contributed by atoms with Crippen LogP contribution in [0.3, 0.4) is 0 Å². The van der Waals surface area contributed by atoms with Gasteiger partial charge in [-0.05, 0) is 31.4 Å². The van der Waals surface area contributed by atoms with Crippen molar-refractivity contribution in [2.24, 2.45) is 0 Å². The zero-order valence-electron chi connectivity index (χ0n) is 8.70. The summed E-state index contributed by atoms with van der Waals surface area (Å²) in [7, 11) is 0. The van der Waals surface area contributed by atoms with Crippen LogP contribution in [0.15, 0.2) is 35.1 Å². The van der Waals surface area contributed by atoms with Crippen molar-refractivity contribution in [3.8, 4) is 0 Å². The number of alkyl halides is 1. The maximum absolute atomic E-state index is 13.4. The SMILES string of the molecule is Cc1cc2ccccc2n([C@H](C)F)c1=O. The molecule has 2 nitrogen and oxygen atoms in total. The van der Waals surface area contributed by atoms with Gasteiger partial charge in [-0.15, -0.1) is 0 Å². The lowest BCUT2D eigenvalue weighted by Gasteiger charge is -2.12. The molecule has 1 aromatic carbocycles. The lowest BCUT2D eigenvalue weighted by atomic mass is 10.1. The van der Waals surface area contributed by atoms with Gasteiger partial charge < -0.3 is 0 Å². The summed E-state index contributed by atoms with van der Waals surface area (Å²) < 4.78 is 14.6. The average molecular weight is 205 g/mol. The minimum absolute atomic E-state index is 0.260. The molecule has 0 aliphatic carbocycles. The van der Waals surface area contributed by atoms with Gasteiger partial charge in [-0.25, -0.2) is 4.39 Å². The summed E-state index contributed by atoms with van der Waals surface area (Å²) in [5, 5.41) is 0.888. The summed E-state index contributed by atoms with van der Waals surface area (Å²) in [6, 6.07) is 9.10. The second kappa shape index (κ2) is 3.50. The molecule has 15 heavy (non-hydrogen) atoms. The zero-order chi connectivity index (χ0) is 11.0. The highest BCUT2D eigenvalue weighted by Gasteiger charge is 2.10. The Bertz CT molecular complexity index is 557. The first-order valence-electron chi connectivity index (χ1n) is 4.86. The number of para-hydroxylation sites is 1. The largest absolute Gasteiger partial charge is 0.277 e. The number of hydrogen-bond acceptors (Lipinski definition) is 1. The van der Waals surface area contributed by atoms with Gasteiger partial charge in [0.25, 0.3) is 5.56 Å². The van der Waals surface area contributed by atoms with Crippen LogP contribution in [0.25, 0.3) is 10.9 Å². The van der Waals surface area contributed by atoms with Gasteiger partial charge in [0.2, 0.25) is 0 Å². The predicted octanol–water partition coefficient (Wildman–Crippen LogP) is 2.80. The van der Waals surface area contributed by atoms with E-state index < -0.39 is 6.30 Å². The number of aromatic nitrogens is 1. The second-order valence-corrected chi connectivity index (χ2v) is 3.64. The molecule has 0 N–H and O–H groups in total. The highest BCUT2D eigenvalue weighted by Crippen LogP contribution is 2.17. The third-order valence-electron chi connectivity index (χ3n) is 2.48. The standard InChI is InChI=1S/C12H12FNO/c1-8-7-10-5-3-4-6-11(10)14(9(2)13)12(8)15/h3-7,9H,1-2H3/t9-/m1/s1. The molecule has 0 spiro atoms. The molecule has 0 amide bonds. The molecule has 2 rings (SSSR count). The fourth-order valence-electron chi connectivity index (χ4n) is 1.78. The van der Waals surface area contributed by atoms with Crippen LogP contribution >= 0.6 is 0 Å². The summed E-state index contributed by atoms with van der Waals surface area (Å²) in [5.74, 6) is 0. The molecule has 0 saturated carbocycles. The van der Waals surface area contributed by atoms with E-state index in [1.807, 2.05) is 12.1 Å². The van der Waals surface area contributed by atoms with E-state index in [2.05, 4.69) is 0 Å². The van der Waals surface area contributed by atoms with Gasteiger partial charge in [-0.3, -0.25) is 9.36 Å². The van der Waals surface area contributed by atoms with Crippen molar-refractivity contribution in [2.75, 3.05) is 0 Å². The maximum Gasteiger partial charge on any atom is 0.256 e. The fraction of sp³-hybridized carbons (Fsp3) is 0.250. The van der Waals surface area contributed by atoms with E-state index >= 15 is 0 Å². The Kier molecular flexibility index (Phi) is 2.31. The summed E-state index contributed by atoms with van der Waals surface area (Å²) in [6.07, 6.45) is -1.30. The summed E-state index contributed by atoms with van der Waals surface area (Å²) in [5.41, 5.74) is 0.949. The molecule has 1 atom stereocenters. The van der Waals surface area contributed by atoms with E-state index in [0.29, 0.717) is 11.1 Å². The summed E-state index contributed by atoms with van der Waals surface area (Å²) in [4.78, 5) is 11.7. The Labute approximate surface area is 87.0 Å². The highest BCUT2D eigenvalue weighted by atomic mass is 19.1. The molecule has 1 heterocycles. The molecule has 0 radical (unpaired) electrons. The topological polar surface area (TPSA) is 22.0 Å². The van der Waals surface area contributed by atoms with Gasteiger partial charge in [0.05, 0.1) is 5.52 Å². The Morgan fingerprint density at radius 2 is 2.00 bits per heavy atom. The Morgan fingerprint density at radius 1 is 1.33 bits per heavy atom. The van der Waals surface area contributed by atoms with E-state index in [1.165, 1.54) is 11.5 Å². The van der Waals surface area contributed by atoms with Gasteiger partial charge in [0.15, 0.2) is 6.30 Å². The first kappa shape index (κ1) is 9.90. The third-order valence-corrected chi connectivity index (χ3v) is 2.48. The van der Waals surface area contributed by atoms with Crippen molar-refractivity contribution in [3.63, 3.8) is 0 Å². The van der Waals surface area contributed by atoms with E-state index in [4.69, 9.17) is 0 Å². The molecular weight excluding hydrogens is 193 g/mol. The van der Waals surface area contributed by atoms with Crippen LogP contribution in [0.1, 0.15) is 18.8 Å². The van der Waals surface area contributed by atoms with Crippen molar-refractivity contribution < 1.29 is 4.39 Å². The molecule has 0 saturated heterocycles. The van der Waals surface area contributed by atoms with Crippen LogP contribution in [0.4, 0.5) is 4.39 Å². The highest BCUT2D eigenvalue weighted by molar-refractivity contribution is 5.79. The summed E-state index contributed by atoms with van der Waals surface area (Å²) >= 11 is 0. The number of fused-ring (bicyclic) bond motifs is 1. The van der Waals surface area contributed by atoms with Crippen LogP contribution in [0.2, 0.25) is 0 Å². The summed E-state index contributed by atoms with van der Waals surface area (Å²) in [6.45, 7) is 3.07. The van der Waals surface area contributed by atoms with Crippen molar-refractivity contribution in [1.29, 1.82) is 0 Å². The number of halogens is 1. The molecule has 2 aromatic rings. The molecule has 0 unspecified atom stereocenters. The minimum Gasteiger partial charge on any atom is -0.277 e. The van der Waals surface area contributed by atoms with Crippen molar-refractivity contribution in [2.45, 2.75) is 20.1 Å². The second-order valence-electron chi connectivity index (χ2n) is 3.64. The van der Waals surface area contributed by atoms with Crippen LogP contribution < -0.4 is 5.56 Å². The van der Waals surface area contributed by atoms with Crippen molar-refractivity contribution in [3.05, 3.63) is 46.2 Å². The Hall–Kier alpha value is -1.64. The normalized spacial score (nSPS) is 13.0. The number of nitrogens with zero attached hydrogens (tertiary/aromatic N) is 1. The monoisotopic (exact) mass is 205 g/mol. The molecule has 0 aliphatic rings. The quantitative estimate of drug-likeness (QED) is 0.701. The van der Waals surface area contributed by atoms with Crippen LogP contribution in [-0.4, -0.2) is 4.57 Å². The molecular formula is C12H12FNO. The van der Waals surface area contributed by atoms with Gasteiger partial charge in [0, 0.05) is 5.56 Å². The van der Waals surface area contributed by atoms with Crippen LogP contribution in [-0.2, 0) is 0 Å². The third kappa shape index (κ3) is 1.54. The number of aryl methyl sites for hydroxylation is 1. The average Bonchev–Trinajstić information content (AvgIpc) is 2.19. The lowest BCUT2D eigenvalue weighted by Crippen LogP contribution is -2.23. The Morgan fingerprint density at radius 3 is 2.67 bits per heavy atom. The van der Waals surface area contributed by atoms with Gasteiger partial charge in [-0.2, -0.15) is 0 Å². The lowest BCUT2D eigenvalue weighted by molar-refractivity contribution is 0.268. The van der Waals surface area contributed by atoms with E-state index in [9.17, 15) is 9.18 Å². The number of hydrogen-bond donors (Lipinski definition) is 0. The first-order chi connectivity index (χ1) is 7.11. The molecule has 0 fully saturated rings. The van der Waals surface area contributed by atoms with Crippen LogP contribution in [0.5, 0.6) is 0 Å². The minimum atomic E-state index is -1.30. The molecule has 3 heteroatoms. The maximum atomic E-state index is 13.4. The smallest absolute Gasteiger partial charge is 0.256 e. The van der Waals surface area contributed by atoms with Gasteiger partial charge >= 0.3 is 0 Å². The molecule has 0 aliphatic heterocycles. The van der Waals surface area contributed by atoms with E-state index in [1.54, 1.807) is 25.1 Å². The number of benzene rings is 1. The number of rotatable bonds is 1. The van der Waals surface area contributed by atoms with Crippen LogP contribution in [0, 0.1) is 6.92 Å². The molecule has 1 aromatic heterocycles. The predicted molar refractivity (Wildman–Crippen MR) is 58.8 cm³/mol. The fourth-order valence-corrected chi connectivity index (χ4v) is 1.78. The Balaban J connectivity index is 2.96.